The van der Waals surface area contributed by atoms with Gasteiger partial charge in [-0.3, -0.25) is 4.57 Å². The van der Waals surface area contributed by atoms with E-state index < -0.39 is 7.44 Å². The highest BCUT2D eigenvalue weighted by molar-refractivity contribution is 7.71. The third kappa shape index (κ3) is 2.15. The molecule has 1 N–H and O–H groups in total. The van der Waals surface area contributed by atoms with Crippen molar-refractivity contribution in [1.82, 2.24) is 4.67 Å². The molecule has 2 aliphatic rings. The molecule has 2 aromatic rings. The van der Waals surface area contributed by atoms with E-state index in [0.717, 1.165) is 25.1 Å². The largest absolute Gasteiger partial charge is 0.507 e. The number of ether oxygens (including phenoxy) is 1. The average molecular weight is 344 g/mol. The summed E-state index contributed by atoms with van der Waals surface area (Å²) in [6.45, 7) is 1.49. The molecule has 2 heterocycles. The quantitative estimate of drug-likeness (QED) is 0.867. The van der Waals surface area contributed by atoms with Gasteiger partial charge < -0.3 is 14.5 Å². The maximum atomic E-state index is 14.4. The first-order valence-electron chi connectivity index (χ1n) is 8.23. The second kappa shape index (κ2) is 5.83. The molecule has 126 valence electrons. The molecular formula is C18H21N2O3P. The summed E-state index contributed by atoms with van der Waals surface area (Å²) in [5.74, 6) is 0.512. The zero-order valence-corrected chi connectivity index (χ0v) is 14.5. The maximum Gasteiger partial charge on any atom is 0.276 e. The molecule has 0 saturated carbocycles. The fourth-order valence-corrected chi connectivity index (χ4v) is 7.39. The summed E-state index contributed by atoms with van der Waals surface area (Å²) < 4.78 is 23.9. The Balaban J connectivity index is 1.93. The van der Waals surface area contributed by atoms with Gasteiger partial charge in [-0.25, -0.2) is 4.67 Å². The Hall–Kier alpha value is -1.97. The summed E-state index contributed by atoms with van der Waals surface area (Å²) >= 11 is 0. The number of fused-ring (bicyclic) bond motifs is 1. The molecule has 24 heavy (non-hydrogen) atoms. The summed E-state index contributed by atoms with van der Waals surface area (Å²) in [6, 6.07) is 15.1. The van der Waals surface area contributed by atoms with Crippen molar-refractivity contribution in [1.29, 1.82) is 0 Å². The van der Waals surface area contributed by atoms with Gasteiger partial charge in [-0.2, -0.15) is 0 Å². The SMILES string of the molecule is COc1cccc(O)c1P1(=O)N(c2ccccc2)C[C@H]2CCCN21. The van der Waals surface area contributed by atoms with Crippen molar-refractivity contribution >= 4 is 18.4 Å². The molecule has 0 spiro atoms. The predicted molar refractivity (Wildman–Crippen MR) is 95.4 cm³/mol. The van der Waals surface area contributed by atoms with Crippen molar-refractivity contribution < 1.29 is 14.4 Å². The molecule has 2 atom stereocenters. The van der Waals surface area contributed by atoms with E-state index in [9.17, 15) is 9.67 Å². The average Bonchev–Trinajstić information content (AvgIpc) is 3.18. The minimum atomic E-state index is -3.16. The Morgan fingerprint density at radius 1 is 1.17 bits per heavy atom. The number of rotatable bonds is 3. The lowest BCUT2D eigenvalue weighted by Gasteiger charge is -2.32. The lowest BCUT2D eigenvalue weighted by Crippen LogP contribution is -2.28. The molecule has 0 amide bonds. The lowest BCUT2D eigenvalue weighted by atomic mass is 10.2. The third-order valence-electron chi connectivity index (χ3n) is 4.95. The number of benzene rings is 2. The summed E-state index contributed by atoms with van der Waals surface area (Å²) in [4.78, 5) is 0. The molecule has 2 aromatic carbocycles. The van der Waals surface area contributed by atoms with Gasteiger partial charge in [-0.1, -0.05) is 24.3 Å². The Morgan fingerprint density at radius 3 is 2.71 bits per heavy atom. The van der Waals surface area contributed by atoms with Gasteiger partial charge in [0.05, 0.1) is 7.11 Å². The van der Waals surface area contributed by atoms with Crippen LogP contribution in [0.2, 0.25) is 0 Å². The highest BCUT2D eigenvalue weighted by Gasteiger charge is 2.53. The van der Waals surface area contributed by atoms with E-state index >= 15 is 0 Å². The molecular weight excluding hydrogens is 323 g/mol. The van der Waals surface area contributed by atoms with Crippen LogP contribution in [0.15, 0.2) is 48.5 Å². The molecule has 0 bridgehead atoms. The Labute approximate surface area is 141 Å². The molecule has 2 aliphatic heterocycles. The minimum absolute atomic E-state index is 0.0335. The van der Waals surface area contributed by atoms with E-state index in [1.54, 1.807) is 25.3 Å². The number of phenols is 1. The van der Waals surface area contributed by atoms with E-state index in [4.69, 9.17) is 4.74 Å². The number of para-hydroxylation sites is 1. The van der Waals surface area contributed by atoms with E-state index in [-0.39, 0.29) is 11.8 Å². The van der Waals surface area contributed by atoms with Crippen molar-refractivity contribution in [3.05, 3.63) is 48.5 Å². The van der Waals surface area contributed by atoms with Crippen LogP contribution in [-0.4, -0.2) is 36.0 Å². The van der Waals surface area contributed by atoms with E-state index in [1.165, 1.54) is 0 Å². The van der Waals surface area contributed by atoms with Crippen molar-refractivity contribution in [2.75, 3.05) is 24.9 Å². The Morgan fingerprint density at radius 2 is 1.96 bits per heavy atom. The zero-order valence-electron chi connectivity index (χ0n) is 13.6. The van der Waals surface area contributed by atoms with Gasteiger partial charge in [0, 0.05) is 24.8 Å². The van der Waals surface area contributed by atoms with Gasteiger partial charge in [-0.15, -0.1) is 0 Å². The molecule has 0 aliphatic carbocycles. The normalized spacial score (nSPS) is 26.5. The predicted octanol–water partition coefficient (Wildman–Crippen LogP) is 3.20. The fraction of sp³-hybridized carbons (Fsp3) is 0.333. The maximum absolute atomic E-state index is 14.4. The van der Waals surface area contributed by atoms with Crippen LogP contribution < -0.4 is 14.7 Å². The highest BCUT2D eigenvalue weighted by Crippen LogP contribution is 2.64. The first kappa shape index (κ1) is 15.6. The number of phenolic OH excluding ortho intramolecular Hbond substituents is 1. The highest BCUT2D eigenvalue weighted by atomic mass is 31.2. The molecule has 4 rings (SSSR count). The van der Waals surface area contributed by atoms with Crippen molar-refractivity contribution in [3.8, 4) is 11.5 Å². The second-order valence-electron chi connectivity index (χ2n) is 6.25. The van der Waals surface area contributed by atoms with Crippen LogP contribution in [0.1, 0.15) is 12.8 Å². The smallest absolute Gasteiger partial charge is 0.276 e. The van der Waals surface area contributed by atoms with Gasteiger partial charge in [0.2, 0.25) is 0 Å². The van der Waals surface area contributed by atoms with Crippen LogP contribution in [0.25, 0.3) is 0 Å². The standard InChI is InChI=1S/C18H21N2O3P/c1-23-17-11-5-10-16(21)18(17)24(22)19-12-6-9-15(19)13-20(24)14-7-3-2-4-8-14/h2-5,7-8,10-11,15,21H,6,9,12-13H2,1H3/t15-,24?/m1/s1. The van der Waals surface area contributed by atoms with Crippen LogP contribution in [0, 0.1) is 0 Å². The Kier molecular flexibility index (Phi) is 3.78. The van der Waals surface area contributed by atoms with Gasteiger partial charge in [0.1, 0.15) is 16.8 Å². The number of aromatic hydroxyl groups is 1. The van der Waals surface area contributed by atoms with Crippen LogP contribution in [-0.2, 0) is 4.57 Å². The van der Waals surface area contributed by atoms with Crippen LogP contribution in [0.3, 0.4) is 0 Å². The first-order chi connectivity index (χ1) is 11.7. The molecule has 0 aromatic heterocycles. The topological polar surface area (TPSA) is 53.0 Å². The number of hydrogen-bond acceptors (Lipinski definition) is 3. The first-order valence-corrected chi connectivity index (χ1v) is 9.84. The van der Waals surface area contributed by atoms with E-state index in [0.29, 0.717) is 17.6 Å². The van der Waals surface area contributed by atoms with Crippen LogP contribution in [0.5, 0.6) is 11.5 Å². The third-order valence-corrected chi connectivity index (χ3v) is 8.25. The monoisotopic (exact) mass is 344 g/mol. The summed E-state index contributed by atoms with van der Waals surface area (Å²) in [5, 5.41) is 10.9. The van der Waals surface area contributed by atoms with Crippen LogP contribution in [0.4, 0.5) is 5.69 Å². The molecule has 1 unspecified atom stereocenters. The fourth-order valence-electron chi connectivity index (χ4n) is 3.89. The summed E-state index contributed by atoms with van der Waals surface area (Å²) in [7, 11) is -1.61. The van der Waals surface area contributed by atoms with Crippen LogP contribution >= 0.6 is 7.44 Å². The van der Waals surface area contributed by atoms with Crippen molar-refractivity contribution in [3.63, 3.8) is 0 Å². The summed E-state index contributed by atoms with van der Waals surface area (Å²) in [5.41, 5.74) is 0.917. The number of hydrogen-bond donors (Lipinski definition) is 1. The van der Waals surface area contributed by atoms with Gasteiger partial charge in [0.15, 0.2) is 0 Å². The number of nitrogens with zero attached hydrogens (tertiary/aromatic N) is 2. The molecule has 0 radical (unpaired) electrons. The number of anilines is 1. The van der Waals surface area contributed by atoms with Crippen molar-refractivity contribution in [2.24, 2.45) is 0 Å². The van der Waals surface area contributed by atoms with E-state index in [1.807, 2.05) is 35.0 Å². The van der Waals surface area contributed by atoms with Gasteiger partial charge in [0.25, 0.3) is 7.44 Å². The second-order valence-corrected chi connectivity index (χ2v) is 8.78. The summed E-state index contributed by atoms with van der Waals surface area (Å²) in [6.07, 6.45) is 2.07. The molecule has 6 heteroatoms. The van der Waals surface area contributed by atoms with Gasteiger partial charge in [-0.05, 0) is 37.1 Å². The molecule has 2 saturated heterocycles. The van der Waals surface area contributed by atoms with Gasteiger partial charge >= 0.3 is 0 Å². The Bertz CT molecular complexity index is 796. The molecule has 2 fully saturated rings. The van der Waals surface area contributed by atoms with Crippen molar-refractivity contribution in [2.45, 2.75) is 18.9 Å². The van der Waals surface area contributed by atoms with E-state index in [2.05, 4.69) is 4.67 Å². The lowest BCUT2D eigenvalue weighted by molar-refractivity contribution is 0.407. The zero-order chi connectivity index (χ0) is 16.7. The minimum Gasteiger partial charge on any atom is -0.507 e. The molecule has 5 nitrogen and oxygen atoms in total. The number of methoxy groups -OCH3 is 1.